The number of benzene rings is 2. The Balaban J connectivity index is 1.09. The van der Waals surface area contributed by atoms with Crippen molar-refractivity contribution in [3.05, 3.63) is 65.7 Å². The monoisotopic (exact) mass is 532 g/mol. The molecule has 3 aromatic rings. The van der Waals surface area contributed by atoms with Gasteiger partial charge in [-0.15, -0.1) is 6.42 Å². The van der Waals surface area contributed by atoms with Crippen LogP contribution in [0.15, 0.2) is 65.3 Å². The Morgan fingerprint density at radius 2 is 1.93 bits per heavy atom. The second-order valence-corrected chi connectivity index (χ2v) is 12.4. The Hall–Kier alpha value is -3.49. The maximum absolute atomic E-state index is 13.1. The predicted molar refractivity (Wildman–Crippen MR) is 158 cm³/mol. The lowest BCUT2D eigenvalue weighted by molar-refractivity contribution is -0.0989. The van der Waals surface area contributed by atoms with Crippen LogP contribution in [-0.4, -0.2) is 27.4 Å². The third-order valence-corrected chi connectivity index (χ3v) is 11.0. The van der Waals surface area contributed by atoms with Gasteiger partial charge in [-0.2, -0.15) is 0 Å². The molecule has 5 heteroatoms. The molecule has 0 saturated heterocycles. The van der Waals surface area contributed by atoms with Crippen molar-refractivity contribution in [1.82, 2.24) is 4.98 Å². The number of aliphatic hydroxyl groups is 1. The van der Waals surface area contributed by atoms with Crippen molar-refractivity contribution >= 4 is 33.5 Å². The highest BCUT2D eigenvalue weighted by molar-refractivity contribution is 6.06. The van der Waals surface area contributed by atoms with Gasteiger partial charge in [-0.1, -0.05) is 53.9 Å². The van der Waals surface area contributed by atoms with Crippen molar-refractivity contribution in [2.45, 2.75) is 70.3 Å². The number of aromatic nitrogens is 1. The first-order chi connectivity index (χ1) is 19.5. The van der Waals surface area contributed by atoms with E-state index < -0.39 is 11.6 Å². The van der Waals surface area contributed by atoms with Crippen LogP contribution in [0.1, 0.15) is 75.1 Å². The third-order valence-electron chi connectivity index (χ3n) is 11.0. The molecule has 2 aromatic carbocycles. The molecule has 0 amide bonds. The number of hydrogen-bond donors (Lipinski definition) is 1. The molecule has 7 rings (SSSR count). The lowest BCUT2D eigenvalue weighted by Gasteiger charge is -2.56. The van der Waals surface area contributed by atoms with Gasteiger partial charge in [0.15, 0.2) is 0 Å². The number of hydrogen-bond acceptors (Lipinski definition) is 5. The van der Waals surface area contributed by atoms with E-state index in [4.69, 9.17) is 16.2 Å². The number of carbonyl (C=O) groups excluding carboxylic acids is 1. The van der Waals surface area contributed by atoms with Crippen LogP contribution in [0.4, 0.5) is 0 Å². The smallest absolute Gasteiger partial charge is 0.367 e. The maximum Gasteiger partial charge on any atom is 0.367 e. The molecule has 0 bridgehead atoms. The van der Waals surface area contributed by atoms with Crippen molar-refractivity contribution in [3.8, 4) is 12.3 Å². The molecule has 1 heterocycles. The number of terminal acetylenes is 1. The summed E-state index contributed by atoms with van der Waals surface area (Å²) in [6.45, 7) is 2.22. The minimum atomic E-state index is -0.948. The first kappa shape index (κ1) is 25.5. The Morgan fingerprint density at radius 1 is 1.07 bits per heavy atom. The van der Waals surface area contributed by atoms with Crippen molar-refractivity contribution < 1.29 is 14.7 Å². The van der Waals surface area contributed by atoms with E-state index in [1.54, 1.807) is 6.07 Å². The Morgan fingerprint density at radius 3 is 2.77 bits per heavy atom. The molecule has 4 aliphatic rings. The van der Waals surface area contributed by atoms with Gasteiger partial charge in [0.2, 0.25) is 0 Å². The minimum Gasteiger partial charge on any atom is -0.377 e. The molecule has 1 N–H and O–H groups in total. The van der Waals surface area contributed by atoms with Gasteiger partial charge in [0.25, 0.3) is 0 Å². The first-order valence-corrected chi connectivity index (χ1v) is 14.9. The van der Waals surface area contributed by atoms with E-state index in [1.165, 1.54) is 5.57 Å². The van der Waals surface area contributed by atoms with E-state index in [0.29, 0.717) is 34.8 Å². The molecule has 204 valence electrons. The lowest BCUT2D eigenvalue weighted by atomic mass is 9.49. The lowest BCUT2D eigenvalue weighted by Crippen LogP contribution is -2.53. The standard InChI is InChI=1S/C35H36N2O3/c1-3-34-18-16-27-26-15-13-25(21-22(26)12-14-28(27)30(34)17-19-35(34,39)4-2)37-40-33(38)29-10-7-9-24-20-23-8-5-6-11-31(23)36-32(24)29/h2,5-11,20-21,26-28,30,39H,3,12-19H2,1H3/b37-25-. The van der Waals surface area contributed by atoms with Crippen LogP contribution in [0.2, 0.25) is 0 Å². The topological polar surface area (TPSA) is 71.8 Å². The molecule has 1 aromatic heterocycles. The predicted octanol–water partition coefficient (Wildman–Crippen LogP) is 7.23. The molecule has 3 saturated carbocycles. The number of allylic oxidation sites excluding steroid dienone is 2. The van der Waals surface area contributed by atoms with Crippen LogP contribution < -0.4 is 0 Å². The van der Waals surface area contributed by atoms with E-state index >= 15 is 0 Å². The SMILES string of the molecule is C#CC1(O)CCC2C3CCC4=C/C(=N\OC(=O)c5cccc6cc7ccccc7nc56)CCC4C3CCC21CC. The fourth-order valence-electron chi connectivity index (χ4n) is 9.16. The number of pyridine rings is 1. The summed E-state index contributed by atoms with van der Waals surface area (Å²) in [6.07, 6.45) is 17.0. The number of rotatable bonds is 3. The second-order valence-electron chi connectivity index (χ2n) is 12.4. The van der Waals surface area contributed by atoms with Gasteiger partial charge in [-0.05, 0) is 106 Å². The molecule has 5 nitrogen and oxygen atoms in total. The normalized spacial score (nSPS) is 34.0. The quantitative estimate of drug-likeness (QED) is 0.167. The first-order valence-electron chi connectivity index (χ1n) is 14.9. The van der Waals surface area contributed by atoms with Gasteiger partial charge in [-0.25, -0.2) is 9.78 Å². The largest absolute Gasteiger partial charge is 0.377 e. The fraction of sp³-hybridized carbons (Fsp3) is 0.457. The minimum absolute atomic E-state index is 0.123. The second kappa shape index (κ2) is 9.56. The van der Waals surface area contributed by atoms with Gasteiger partial charge < -0.3 is 9.94 Å². The van der Waals surface area contributed by atoms with E-state index in [9.17, 15) is 9.90 Å². The molecule has 6 unspecified atom stereocenters. The summed E-state index contributed by atoms with van der Waals surface area (Å²) in [5.41, 5.74) is 3.14. The van der Waals surface area contributed by atoms with Crippen LogP contribution in [0, 0.1) is 41.4 Å². The summed E-state index contributed by atoms with van der Waals surface area (Å²) in [4.78, 5) is 23.4. The molecular formula is C35H36N2O3. The van der Waals surface area contributed by atoms with Crippen LogP contribution in [-0.2, 0) is 4.84 Å². The summed E-state index contributed by atoms with van der Waals surface area (Å²) < 4.78 is 0. The summed E-state index contributed by atoms with van der Waals surface area (Å²) in [6, 6.07) is 15.5. The zero-order valence-corrected chi connectivity index (χ0v) is 23.1. The van der Waals surface area contributed by atoms with Crippen molar-refractivity contribution in [1.29, 1.82) is 0 Å². The Kier molecular flexibility index (Phi) is 6.09. The Labute approximate surface area is 235 Å². The Bertz CT molecular complexity index is 1620. The average molecular weight is 533 g/mol. The van der Waals surface area contributed by atoms with Gasteiger partial charge in [0.1, 0.15) is 5.60 Å². The summed E-state index contributed by atoms with van der Waals surface area (Å²) in [5, 5.41) is 17.7. The summed E-state index contributed by atoms with van der Waals surface area (Å²) >= 11 is 0. The molecule has 40 heavy (non-hydrogen) atoms. The molecule has 3 fully saturated rings. The van der Waals surface area contributed by atoms with Crippen LogP contribution in [0.5, 0.6) is 0 Å². The fourth-order valence-corrected chi connectivity index (χ4v) is 9.16. The summed E-state index contributed by atoms with van der Waals surface area (Å²) in [7, 11) is 0. The summed E-state index contributed by atoms with van der Waals surface area (Å²) in [5.74, 6) is 4.69. The zero-order valence-electron chi connectivity index (χ0n) is 23.1. The number of nitrogens with zero attached hydrogens (tertiary/aromatic N) is 2. The molecule has 4 aliphatic carbocycles. The highest BCUT2D eigenvalue weighted by Crippen LogP contribution is 2.66. The molecule has 0 spiro atoms. The zero-order chi connectivity index (χ0) is 27.5. The van der Waals surface area contributed by atoms with Crippen LogP contribution in [0.25, 0.3) is 21.8 Å². The molecule has 0 radical (unpaired) electrons. The highest BCUT2D eigenvalue weighted by Gasteiger charge is 2.63. The van der Waals surface area contributed by atoms with E-state index in [1.807, 2.05) is 36.4 Å². The number of oxime groups is 1. The average Bonchev–Trinajstić information content (AvgIpc) is 3.31. The van der Waals surface area contributed by atoms with Crippen molar-refractivity contribution in [3.63, 3.8) is 0 Å². The number of fused-ring (bicyclic) bond motifs is 7. The van der Waals surface area contributed by atoms with Crippen LogP contribution >= 0.6 is 0 Å². The van der Waals surface area contributed by atoms with Gasteiger partial charge in [0.05, 0.1) is 22.3 Å². The van der Waals surface area contributed by atoms with Gasteiger partial charge >= 0.3 is 5.97 Å². The molecule has 6 atom stereocenters. The van der Waals surface area contributed by atoms with E-state index in [2.05, 4.69) is 30.1 Å². The molecule has 0 aliphatic heterocycles. The number of para-hydroxylation sites is 2. The van der Waals surface area contributed by atoms with E-state index in [-0.39, 0.29) is 5.41 Å². The van der Waals surface area contributed by atoms with Crippen LogP contribution in [0.3, 0.4) is 0 Å². The maximum atomic E-state index is 13.1. The van der Waals surface area contributed by atoms with Gasteiger partial charge in [0, 0.05) is 16.2 Å². The van der Waals surface area contributed by atoms with Crippen molar-refractivity contribution in [2.75, 3.05) is 0 Å². The molecular weight excluding hydrogens is 496 g/mol. The third kappa shape index (κ3) is 3.76. The van der Waals surface area contributed by atoms with Crippen molar-refractivity contribution in [2.24, 2.45) is 34.2 Å². The van der Waals surface area contributed by atoms with E-state index in [0.717, 1.165) is 79.8 Å². The van der Waals surface area contributed by atoms with Gasteiger partial charge in [-0.3, -0.25) is 0 Å². The number of carbonyl (C=O) groups is 1. The highest BCUT2D eigenvalue weighted by atomic mass is 16.7.